The van der Waals surface area contributed by atoms with Crippen LogP contribution in [0.4, 0.5) is 4.39 Å². The van der Waals surface area contributed by atoms with Gasteiger partial charge in [0.25, 0.3) is 0 Å². The lowest BCUT2D eigenvalue weighted by Crippen LogP contribution is -2.05. The number of ketones is 1. The summed E-state index contributed by atoms with van der Waals surface area (Å²) in [5, 5.41) is 0. The maximum Gasteiger partial charge on any atom is 0.323 e. The smallest absolute Gasteiger partial charge is 0.306 e. The Bertz CT molecular complexity index is 862. The first-order valence-electron chi connectivity index (χ1n) is 5.77. The Kier molecular flexibility index (Phi) is 3.02. The van der Waals surface area contributed by atoms with E-state index in [1.54, 1.807) is 18.2 Å². The summed E-state index contributed by atoms with van der Waals surface area (Å²) in [6.07, 6.45) is 0. The Hall–Kier alpha value is -2.21. The predicted octanol–water partition coefficient (Wildman–Crippen LogP) is 2.99. The number of hydrogen-bond donors (Lipinski definition) is 2. The number of halogens is 2. The second-order valence-electron chi connectivity index (χ2n) is 4.27. The lowest BCUT2D eigenvalue weighted by Gasteiger charge is -2.05. The van der Waals surface area contributed by atoms with Gasteiger partial charge in [-0.1, -0.05) is 6.07 Å². The van der Waals surface area contributed by atoms with Gasteiger partial charge in [-0.15, -0.1) is 0 Å². The highest BCUT2D eigenvalue weighted by Crippen LogP contribution is 2.23. The molecule has 0 spiro atoms. The van der Waals surface area contributed by atoms with Crippen LogP contribution in [-0.2, 0) is 0 Å². The molecule has 0 aliphatic rings. The van der Waals surface area contributed by atoms with E-state index in [0.717, 1.165) is 0 Å². The molecule has 20 heavy (non-hydrogen) atoms. The lowest BCUT2D eigenvalue weighted by molar-refractivity contribution is 0.103. The van der Waals surface area contributed by atoms with Gasteiger partial charge >= 0.3 is 5.69 Å². The van der Waals surface area contributed by atoms with Gasteiger partial charge < -0.3 is 9.97 Å². The topological polar surface area (TPSA) is 65.7 Å². The summed E-state index contributed by atoms with van der Waals surface area (Å²) in [6.45, 7) is 0. The Morgan fingerprint density at radius 2 is 1.85 bits per heavy atom. The van der Waals surface area contributed by atoms with Crippen molar-refractivity contribution >= 4 is 32.7 Å². The van der Waals surface area contributed by atoms with Gasteiger partial charge in [-0.3, -0.25) is 4.79 Å². The van der Waals surface area contributed by atoms with Crippen LogP contribution < -0.4 is 5.69 Å². The van der Waals surface area contributed by atoms with E-state index in [4.69, 9.17) is 0 Å². The summed E-state index contributed by atoms with van der Waals surface area (Å²) in [5.41, 5.74) is 1.03. The fraction of sp³-hybridized carbons (Fsp3) is 0. The molecule has 3 rings (SSSR count). The molecule has 100 valence electrons. The Labute approximate surface area is 120 Å². The SMILES string of the molecule is O=C(c1ccc2[nH]c(=O)[nH]c2c1)c1c(F)cccc1Br. The highest BCUT2D eigenvalue weighted by atomic mass is 79.9. The number of carbonyl (C=O) groups is 1. The third-order valence-corrected chi connectivity index (χ3v) is 3.63. The molecule has 0 saturated heterocycles. The molecule has 2 N–H and O–H groups in total. The maximum absolute atomic E-state index is 13.8. The number of nitrogens with one attached hydrogen (secondary N) is 2. The van der Waals surface area contributed by atoms with Gasteiger partial charge in [0, 0.05) is 10.0 Å². The second-order valence-corrected chi connectivity index (χ2v) is 5.12. The summed E-state index contributed by atoms with van der Waals surface area (Å²) in [5.74, 6) is -1.04. The van der Waals surface area contributed by atoms with Crippen LogP contribution in [-0.4, -0.2) is 15.8 Å². The van der Waals surface area contributed by atoms with Gasteiger partial charge in [0.05, 0.1) is 16.6 Å². The van der Waals surface area contributed by atoms with Crippen LogP contribution in [0.2, 0.25) is 0 Å². The number of hydrogen-bond acceptors (Lipinski definition) is 2. The number of aromatic nitrogens is 2. The molecule has 6 heteroatoms. The molecule has 3 aromatic rings. The van der Waals surface area contributed by atoms with Gasteiger partial charge in [-0.25, -0.2) is 9.18 Å². The summed E-state index contributed by atoms with van der Waals surface area (Å²) in [7, 11) is 0. The first-order chi connectivity index (χ1) is 9.56. The molecule has 2 aromatic carbocycles. The molecule has 0 fully saturated rings. The number of aromatic amines is 2. The minimum absolute atomic E-state index is 0.0234. The molecule has 0 aliphatic heterocycles. The van der Waals surface area contributed by atoms with Crippen molar-refractivity contribution in [3.8, 4) is 0 Å². The quantitative estimate of drug-likeness (QED) is 0.707. The first kappa shape index (κ1) is 12.8. The second kappa shape index (κ2) is 4.72. The van der Waals surface area contributed by atoms with Crippen LogP contribution in [0, 0.1) is 5.82 Å². The van der Waals surface area contributed by atoms with E-state index in [1.807, 2.05) is 0 Å². The largest absolute Gasteiger partial charge is 0.323 e. The average Bonchev–Trinajstić information content (AvgIpc) is 2.77. The van der Waals surface area contributed by atoms with Crippen LogP contribution >= 0.6 is 15.9 Å². The van der Waals surface area contributed by atoms with Gasteiger partial charge in [0.1, 0.15) is 5.82 Å². The number of fused-ring (bicyclic) bond motifs is 1. The van der Waals surface area contributed by atoms with Gasteiger partial charge in [-0.05, 0) is 46.3 Å². The third kappa shape index (κ3) is 2.08. The molecular weight excluding hydrogens is 327 g/mol. The highest BCUT2D eigenvalue weighted by molar-refractivity contribution is 9.10. The monoisotopic (exact) mass is 334 g/mol. The van der Waals surface area contributed by atoms with Crippen molar-refractivity contribution in [2.45, 2.75) is 0 Å². The molecule has 0 saturated carbocycles. The van der Waals surface area contributed by atoms with Gasteiger partial charge in [-0.2, -0.15) is 0 Å². The van der Waals surface area contributed by atoms with Crippen LogP contribution in [0.15, 0.2) is 45.7 Å². The molecule has 0 aliphatic carbocycles. The normalized spacial score (nSPS) is 10.9. The Morgan fingerprint density at radius 1 is 1.10 bits per heavy atom. The fourth-order valence-electron chi connectivity index (χ4n) is 2.03. The standard InChI is InChI=1S/C14H8BrFN2O2/c15-8-2-1-3-9(16)12(8)13(19)7-4-5-10-11(6-7)18-14(20)17-10/h1-6H,(H2,17,18,20). The van der Waals surface area contributed by atoms with Crippen molar-refractivity contribution in [1.29, 1.82) is 0 Å². The van der Waals surface area contributed by atoms with Crippen molar-refractivity contribution in [3.05, 3.63) is 68.3 Å². The van der Waals surface area contributed by atoms with E-state index in [0.29, 0.717) is 21.1 Å². The van der Waals surface area contributed by atoms with Crippen LogP contribution in [0.5, 0.6) is 0 Å². The minimum atomic E-state index is -0.591. The maximum atomic E-state index is 13.8. The molecular formula is C14H8BrFN2O2. The molecule has 0 bridgehead atoms. The highest BCUT2D eigenvalue weighted by Gasteiger charge is 2.17. The van der Waals surface area contributed by atoms with Crippen molar-refractivity contribution in [3.63, 3.8) is 0 Å². The molecule has 4 nitrogen and oxygen atoms in total. The number of benzene rings is 2. The summed E-state index contributed by atoms with van der Waals surface area (Å²) in [4.78, 5) is 28.7. The van der Waals surface area contributed by atoms with Gasteiger partial charge in [0.2, 0.25) is 0 Å². The van der Waals surface area contributed by atoms with Crippen molar-refractivity contribution < 1.29 is 9.18 Å². The zero-order valence-corrected chi connectivity index (χ0v) is 11.6. The predicted molar refractivity (Wildman–Crippen MR) is 76.5 cm³/mol. The van der Waals surface area contributed by atoms with E-state index < -0.39 is 11.6 Å². The third-order valence-electron chi connectivity index (χ3n) is 2.97. The van der Waals surface area contributed by atoms with Gasteiger partial charge in [0.15, 0.2) is 5.78 Å². The molecule has 1 heterocycles. The van der Waals surface area contributed by atoms with E-state index in [2.05, 4.69) is 25.9 Å². The van der Waals surface area contributed by atoms with E-state index >= 15 is 0 Å². The van der Waals surface area contributed by atoms with Crippen molar-refractivity contribution in [1.82, 2.24) is 9.97 Å². The zero-order valence-electron chi connectivity index (χ0n) is 10.0. The van der Waals surface area contributed by atoms with E-state index in [1.165, 1.54) is 18.2 Å². The molecule has 1 aromatic heterocycles. The zero-order chi connectivity index (χ0) is 14.3. The van der Waals surface area contributed by atoms with Crippen molar-refractivity contribution in [2.24, 2.45) is 0 Å². The number of carbonyl (C=O) groups excluding carboxylic acids is 1. The summed E-state index contributed by atoms with van der Waals surface area (Å²) < 4.78 is 14.2. The Morgan fingerprint density at radius 3 is 2.60 bits per heavy atom. The number of imidazole rings is 1. The Balaban J connectivity index is 2.15. The molecule has 0 amide bonds. The average molecular weight is 335 g/mol. The molecule has 0 atom stereocenters. The lowest BCUT2D eigenvalue weighted by atomic mass is 10.0. The van der Waals surface area contributed by atoms with Crippen LogP contribution in [0.1, 0.15) is 15.9 Å². The fourth-order valence-corrected chi connectivity index (χ4v) is 2.55. The van der Waals surface area contributed by atoms with E-state index in [9.17, 15) is 14.0 Å². The first-order valence-corrected chi connectivity index (χ1v) is 6.56. The number of rotatable bonds is 2. The summed E-state index contributed by atoms with van der Waals surface area (Å²) >= 11 is 3.17. The van der Waals surface area contributed by atoms with E-state index in [-0.39, 0.29) is 11.3 Å². The van der Waals surface area contributed by atoms with Crippen LogP contribution in [0.25, 0.3) is 11.0 Å². The number of H-pyrrole nitrogens is 2. The minimum Gasteiger partial charge on any atom is -0.306 e. The van der Waals surface area contributed by atoms with Crippen LogP contribution in [0.3, 0.4) is 0 Å². The molecule has 0 unspecified atom stereocenters. The summed E-state index contributed by atoms with van der Waals surface area (Å²) in [6, 6.07) is 9.03. The van der Waals surface area contributed by atoms with Crippen molar-refractivity contribution in [2.75, 3.05) is 0 Å². The molecule has 0 radical (unpaired) electrons.